The topological polar surface area (TPSA) is 53.6 Å². The van der Waals surface area contributed by atoms with E-state index in [1.807, 2.05) is 18.2 Å². The number of nitrogens with zero attached hydrogens (tertiary/aromatic N) is 1. The number of aryl methyl sites for hydroxylation is 1. The Morgan fingerprint density at radius 3 is 2.81 bits per heavy atom. The standard InChI is InChI=1S/C20H27N3O2S.ClH/c1-3-15-8-9-16(26-15)12-22-20(24)14-23-11-10-21-13-18(23)17-6-4-5-7-19(17)25-2;/h4-9,18,21H,3,10-14H2,1-2H3,(H,22,24);1H. The average molecular weight is 410 g/mol. The number of methoxy groups -OCH3 is 1. The Morgan fingerprint density at radius 1 is 1.30 bits per heavy atom. The van der Waals surface area contributed by atoms with E-state index in [4.69, 9.17) is 4.74 Å². The number of thiophene rings is 1. The van der Waals surface area contributed by atoms with E-state index in [0.717, 1.165) is 37.4 Å². The Kier molecular flexibility index (Phi) is 8.57. The number of amides is 1. The summed E-state index contributed by atoms with van der Waals surface area (Å²) in [5, 5.41) is 6.49. The smallest absolute Gasteiger partial charge is 0.234 e. The molecule has 1 fully saturated rings. The SMILES string of the molecule is CCc1ccc(CNC(=O)CN2CCNCC2c2ccccc2OC)s1.Cl. The number of hydrogen-bond donors (Lipinski definition) is 2. The van der Waals surface area contributed by atoms with Crippen molar-refractivity contribution < 1.29 is 9.53 Å². The molecule has 148 valence electrons. The highest BCUT2D eigenvalue weighted by Crippen LogP contribution is 2.29. The van der Waals surface area contributed by atoms with Gasteiger partial charge >= 0.3 is 0 Å². The van der Waals surface area contributed by atoms with Crippen LogP contribution in [0, 0.1) is 0 Å². The fraction of sp³-hybridized carbons (Fsp3) is 0.450. The first kappa shape index (κ1) is 21.7. The summed E-state index contributed by atoms with van der Waals surface area (Å²) in [7, 11) is 1.69. The van der Waals surface area contributed by atoms with Crippen LogP contribution in [0.1, 0.15) is 28.3 Å². The van der Waals surface area contributed by atoms with E-state index in [-0.39, 0.29) is 24.4 Å². The van der Waals surface area contributed by atoms with E-state index in [1.165, 1.54) is 9.75 Å². The van der Waals surface area contributed by atoms with Crippen LogP contribution in [0.15, 0.2) is 36.4 Å². The van der Waals surface area contributed by atoms with Gasteiger partial charge in [-0.1, -0.05) is 25.1 Å². The first-order valence-electron chi connectivity index (χ1n) is 9.13. The van der Waals surface area contributed by atoms with Gasteiger partial charge in [-0.3, -0.25) is 9.69 Å². The summed E-state index contributed by atoms with van der Waals surface area (Å²) in [5.41, 5.74) is 1.13. The molecule has 3 rings (SSSR count). The summed E-state index contributed by atoms with van der Waals surface area (Å²) in [5.74, 6) is 0.940. The van der Waals surface area contributed by atoms with Gasteiger partial charge in [0.05, 0.1) is 26.2 Å². The lowest BCUT2D eigenvalue weighted by atomic mass is 10.0. The number of halogens is 1. The Hall–Kier alpha value is -1.60. The molecule has 2 N–H and O–H groups in total. The Balaban J connectivity index is 0.00000261. The average Bonchev–Trinajstić information content (AvgIpc) is 3.15. The monoisotopic (exact) mass is 409 g/mol. The number of carbonyl (C=O) groups is 1. The molecular weight excluding hydrogens is 382 g/mol. The van der Waals surface area contributed by atoms with Crippen LogP contribution < -0.4 is 15.4 Å². The lowest BCUT2D eigenvalue weighted by Crippen LogP contribution is -2.49. The molecule has 1 saturated heterocycles. The van der Waals surface area contributed by atoms with Crippen molar-refractivity contribution in [3.8, 4) is 5.75 Å². The van der Waals surface area contributed by atoms with Gasteiger partial charge in [-0.2, -0.15) is 0 Å². The van der Waals surface area contributed by atoms with Crippen LogP contribution in [0.3, 0.4) is 0 Å². The number of para-hydroxylation sites is 1. The van der Waals surface area contributed by atoms with Crippen LogP contribution in [0.4, 0.5) is 0 Å². The van der Waals surface area contributed by atoms with Crippen molar-refractivity contribution in [2.45, 2.75) is 25.9 Å². The highest BCUT2D eigenvalue weighted by Gasteiger charge is 2.27. The molecule has 5 nitrogen and oxygen atoms in total. The molecule has 1 amide bonds. The number of nitrogens with one attached hydrogen (secondary N) is 2. The fourth-order valence-corrected chi connectivity index (χ4v) is 4.22. The second-order valence-corrected chi connectivity index (χ2v) is 7.68. The zero-order chi connectivity index (χ0) is 18.4. The highest BCUT2D eigenvalue weighted by atomic mass is 35.5. The fourth-order valence-electron chi connectivity index (χ4n) is 3.32. The molecule has 1 aliphatic heterocycles. The van der Waals surface area contributed by atoms with Gasteiger partial charge in [-0.15, -0.1) is 23.7 Å². The van der Waals surface area contributed by atoms with Crippen molar-refractivity contribution >= 4 is 29.7 Å². The summed E-state index contributed by atoms with van der Waals surface area (Å²) < 4.78 is 5.52. The molecule has 27 heavy (non-hydrogen) atoms. The molecule has 7 heteroatoms. The molecule has 1 aromatic heterocycles. The lowest BCUT2D eigenvalue weighted by molar-refractivity contribution is -0.123. The Bertz CT molecular complexity index is 738. The second-order valence-electron chi connectivity index (χ2n) is 6.43. The summed E-state index contributed by atoms with van der Waals surface area (Å²) >= 11 is 1.77. The molecule has 2 heterocycles. The van der Waals surface area contributed by atoms with Crippen LogP contribution in [-0.2, 0) is 17.8 Å². The van der Waals surface area contributed by atoms with Crippen molar-refractivity contribution in [1.29, 1.82) is 0 Å². The van der Waals surface area contributed by atoms with Crippen LogP contribution >= 0.6 is 23.7 Å². The molecule has 1 atom stereocenters. The van der Waals surface area contributed by atoms with Crippen molar-refractivity contribution in [1.82, 2.24) is 15.5 Å². The van der Waals surface area contributed by atoms with Crippen LogP contribution in [0.5, 0.6) is 5.75 Å². The lowest BCUT2D eigenvalue weighted by Gasteiger charge is -2.36. The zero-order valence-electron chi connectivity index (χ0n) is 15.9. The minimum Gasteiger partial charge on any atom is -0.496 e. The van der Waals surface area contributed by atoms with Gasteiger partial charge in [0, 0.05) is 35.0 Å². The maximum atomic E-state index is 12.5. The molecule has 1 unspecified atom stereocenters. The number of ether oxygens (including phenoxy) is 1. The third kappa shape index (κ3) is 5.69. The molecule has 0 spiro atoms. The molecule has 0 aliphatic carbocycles. The van der Waals surface area contributed by atoms with E-state index in [1.54, 1.807) is 18.4 Å². The summed E-state index contributed by atoms with van der Waals surface area (Å²) in [6.45, 7) is 5.71. The van der Waals surface area contributed by atoms with Gasteiger partial charge in [0.25, 0.3) is 0 Å². The van der Waals surface area contributed by atoms with Gasteiger partial charge in [0.1, 0.15) is 5.75 Å². The molecule has 0 bridgehead atoms. The molecule has 0 saturated carbocycles. The van der Waals surface area contributed by atoms with E-state index < -0.39 is 0 Å². The largest absolute Gasteiger partial charge is 0.496 e. The van der Waals surface area contributed by atoms with E-state index >= 15 is 0 Å². The maximum absolute atomic E-state index is 12.5. The minimum atomic E-state index is 0. The van der Waals surface area contributed by atoms with Gasteiger partial charge < -0.3 is 15.4 Å². The first-order chi connectivity index (χ1) is 12.7. The Morgan fingerprint density at radius 2 is 2.07 bits per heavy atom. The zero-order valence-corrected chi connectivity index (χ0v) is 17.5. The third-order valence-corrected chi connectivity index (χ3v) is 5.95. The van der Waals surface area contributed by atoms with Gasteiger partial charge in [-0.25, -0.2) is 0 Å². The van der Waals surface area contributed by atoms with Crippen molar-refractivity contribution in [2.24, 2.45) is 0 Å². The van der Waals surface area contributed by atoms with Crippen LogP contribution in [-0.4, -0.2) is 44.1 Å². The molecule has 0 radical (unpaired) electrons. The van der Waals surface area contributed by atoms with E-state index in [0.29, 0.717) is 13.1 Å². The molecule has 1 aliphatic rings. The first-order valence-corrected chi connectivity index (χ1v) is 9.95. The van der Waals surface area contributed by atoms with E-state index in [9.17, 15) is 4.79 Å². The van der Waals surface area contributed by atoms with Crippen molar-refractivity contribution in [3.63, 3.8) is 0 Å². The van der Waals surface area contributed by atoms with Crippen LogP contribution in [0.25, 0.3) is 0 Å². The van der Waals surface area contributed by atoms with Gasteiger partial charge in [0.15, 0.2) is 0 Å². The summed E-state index contributed by atoms with van der Waals surface area (Å²) in [6, 6.07) is 12.4. The number of carbonyl (C=O) groups excluding carboxylic acids is 1. The molecule has 2 aromatic rings. The van der Waals surface area contributed by atoms with Crippen molar-refractivity contribution in [3.05, 3.63) is 51.7 Å². The second kappa shape index (κ2) is 10.7. The normalized spacial score (nSPS) is 17.2. The minimum absolute atomic E-state index is 0. The molecule has 1 aromatic carbocycles. The number of rotatable bonds is 7. The summed E-state index contributed by atoms with van der Waals surface area (Å²) in [6.07, 6.45) is 1.04. The predicted octanol–water partition coefficient (Wildman–Crippen LogP) is 3.00. The number of piperazine rings is 1. The van der Waals surface area contributed by atoms with Gasteiger partial charge in [0.2, 0.25) is 5.91 Å². The third-order valence-electron chi connectivity index (χ3n) is 4.72. The Labute approximate surface area is 171 Å². The maximum Gasteiger partial charge on any atom is 0.234 e. The van der Waals surface area contributed by atoms with Crippen molar-refractivity contribution in [2.75, 3.05) is 33.3 Å². The summed E-state index contributed by atoms with van der Waals surface area (Å²) in [4.78, 5) is 17.3. The van der Waals surface area contributed by atoms with E-state index in [2.05, 4.69) is 40.7 Å². The predicted molar refractivity (Wildman–Crippen MR) is 113 cm³/mol. The highest BCUT2D eigenvalue weighted by molar-refractivity contribution is 7.11. The van der Waals surface area contributed by atoms with Crippen LogP contribution in [0.2, 0.25) is 0 Å². The van der Waals surface area contributed by atoms with Gasteiger partial charge in [-0.05, 0) is 24.6 Å². The quantitative estimate of drug-likeness (QED) is 0.738. The number of hydrogen-bond acceptors (Lipinski definition) is 5. The number of benzene rings is 1. The molecular formula is C20H28ClN3O2S.